The Balaban J connectivity index is 2.77. The van der Waals surface area contributed by atoms with E-state index in [-0.39, 0.29) is 12.3 Å². The summed E-state index contributed by atoms with van der Waals surface area (Å²) in [6, 6.07) is 3.86. The molecule has 1 atom stereocenters. The molecule has 0 saturated carbocycles. The number of alkyl halides is 2. The van der Waals surface area contributed by atoms with Crippen LogP contribution in [0.4, 0.5) is 13.6 Å². The molecule has 8 heteroatoms. The number of rotatable bonds is 5. The quantitative estimate of drug-likeness (QED) is 0.818. The monoisotopic (exact) mass is 380 g/mol. The number of amides is 1. The van der Waals surface area contributed by atoms with Gasteiger partial charge in [0, 0.05) is 16.6 Å². The van der Waals surface area contributed by atoms with E-state index in [0.717, 1.165) is 0 Å². The summed E-state index contributed by atoms with van der Waals surface area (Å²) in [7, 11) is 0. The summed E-state index contributed by atoms with van der Waals surface area (Å²) in [5.74, 6) is -0.0390. The van der Waals surface area contributed by atoms with Gasteiger partial charge >= 0.3 is 12.7 Å². The third-order valence-electron chi connectivity index (χ3n) is 2.46. The average Bonchev–Trinajstić information content (AvgIpc) is 2.33. The lowest BCUT2D eigenvalue weighted by molar-refractivity contribution is -0.0507. The predicted octanol–water partition coefficient (Wildman–Crippen LogP) is 3.58. The fraction of sp³-hybridized carbons (Fsp3) is 0.500. The second kappa shape index (κ2) is 7.73. The molecule has 5 nitrogen and oxygen atoms in total. The van der Waals surface area contributed by atoms with Gasteiger partial charge in [-0.05, 0) is 32.9 Å². The van der Waals surface area contributed by atoms with Gasteiger partial charge in [-0.3, -0.25) is 0 Å². The van der Waals surface area contributed by atoms with Gasteiger partial charge in [0.25, 0.3) is 0 Å². The highest BCUT2D eigenvalue weighted by molar-refractivity contribution is 9.10. The molecule has 124 valence electrons. The molecule has 1 unspecified atom stereocenters. The Bertz CT molecular complexity index is 521. The molecule has 0 aromatic heterocycles. The summed E-state index contributed by atoms with van der Waals surface area (Å²) in [6.45, 7) is 2.24. The van der Waals surface area contributed by atoms with Gasteiger partial charge in [0.15, 0.2) is 0 Å². The van der Waals surface area contributed by atoms with Crippen LogP contribution in [0.2, 0.25) is 0 Å². The largest absolute Gasteiger partial charge is 0.444 e. The van der Waals surface area contributed by atoms with Crippen molar-refractivity contribution in [3.05, 3.63) is 28.2 Å². The number of carbonyl (C=O) groups is 1. The third-order valence-corrected chi connectivity index (χ3v) is 3.16. The van der Waals surface area contributed by atoms with Crippen molar-refractivity contribution in [1.29, 1.82) is 0 Å². The van der Waals surface area contributed by atoms with Crippen molar-refractivity contribution in [2.45, 2.75) is 39.0 Å². The third kappa shape index (κ3) is 6.15. The Labute approximate surface area is 136 Å². The van der Waals surface area contributed by atoms with Gasteiger partial charge in [0.2, 0.25) is 0 Å². The van der Waals surface area contributed by atoms with Crippen molar-refractivity contribution in [1.82, 2.24) is 5.32 Å². The van der Waals surface area contributed by atoms with E-state index >= 15 is 0 Å². The maximum absolute atomic E-state index is 12.4. The highest BCUT2D eigenvalue weighted by Gasteiger charge is 2.21. The van der Waals surface area contributed by atoms with Gasteiger partial charge < -0.3 is 20.5 Å². The second-order valence-corrected chi connectivity index (χ2v) is 6.37. The van der Waals surface area contributed by atoms with Crippen LogP contribution >= 0.6 is 15.9 Å². The number of carbonyl (C=O) groups excluding carboxylic acids is 1. The van der Waals surface area contributed by atoms with Crippen LogP contribution in [0.1, 0.15) is 32.4 Å². The average molecular weight is 381 g/mol. The summed E-state index contributed by atoms with van der Waals surface area (Å²) < 4.78 is 34.9. The molecule has 1 amide bonds. The van der Waals surface area contributed by atoms with E-state index in [4.69, 9.17) is 10.5 Å². The van der Waals surface area contributed by atoms with E-state index in [1.54, 1.807) is 32.9 Å². The van der Waals surface area contributed by atoms with E-state index in [1.807, 2.05) is 0 Å². The van der Waals surface area contributed by atoms with E-state index in [1.165, 1.54) is 6.07 Å². The molecule has 0 aliphatic heterocycles. The Hall–Kier alpha value is -1.41. The van der Waals surface area contributed by atoms with E-state index in [9.17, 15) is 13.6 Å². The minimum absolute atomic E-state index is 0.0110. The molecule has 1 aromatic rings. The van der Waals surface area contributed by atoms with Crippen molar-refractivity contribution in [3.63, 3.8) is 0 Å². The van der Waals surface area contributed by atoms with E-state index in [0.29, 0.717) is 10.0 Å². The van der Waals surface area contributed by atoms with Crippen LogP contribution in [0.5, 0.6) is 5.75 Å². The molecule has 0 spiro atoms. The van der Waals surface area contributed by atoms with Crippen LogP contribution in [-0.4, -0.2) is 24.9 Å². The van der Waals surface area contributed by atoms with Gasteiger partial charge in [-0.15, -0.1) is 0 Å². The molecule has 0 aliphatic rings. The lowest BCUT2D eigenvalue weighted by Crippen LogP contribution is -2.36. The molecule has 0 radical (unpaired) electrons. The number of benzene rings is 1. The van der Waals surface area contributed by atoms with Gasteiger partial charge in [-0.1, -0.05) is 22.0 Å². The molecule has 1 rings (SSSR count). The fourth-order valence-electron chi connectivity index (χ4n) is 1.69. The lowest BCUT2D eigenvalue weighted by atomic mass is 10.1. The van der Waals surface area contributed by atoms with Crippen LogP contribution in [-0.2, 0) is 4.74 Å². The normalized spacial score (nSPS) is 12.9. The van der Waals surface area contributed by atoms with E-state index in [2.05, 4.69) is 26.0 Å². The maximum atomic E-state index is 12.4. The number of nitrogens with one attached hydrogen (secondary N) is 1. The first-order chi connectivity index (χ1) is 10.1. The minimum Gasteiger partial charge on any atom is -0.444 e. The summed E-state index contributed by atoms with van der Waals surface area (Å²) >= 11 is 3.24. The smallest absolute Gasteiger partial charge is 0.407 e. The Kier molecular flexibility index (Phi) is 6.55. The van der Waals surface area contributed by atoms with Crippen LogP contribution in [0, 0.1) is 0 Å². The summed E-state index contributed by atoms with van der Waals surface area (Å²) in [4.78, 5) is 11.6. The standard InChI is InChI=1S/C14H19BrF2N2O3/c1-14(2,3)22-13(20)19-7-9(18)11-8(15)5-4-6-10(11)21-12(16)17/h4-6,9,12H,7,18H2,1-3H3,(H,19,20). The molecule has 0 fully saturated rings. The first-order valence-corrected chi connectivity index (χ1v) is 7.35. The Morgan fingerprint density at radius 2 is 2.05 bits per heavy atom. The number of halogens is 3. The summed E-state index contributed by atoms with van der Waals surface area (Å²) in [5.41, 5.74) is 5.67. The molecule has 3 N–H and O–H groups in total. The van der Waals surface area contributed by atoms with Gasteiger partial charge in [-0.2, -0.15) is 8.78 Å². The lowest BCUT2D eigenvalue weighted by Gasteiger charge is -2.22. The van der Waals surface area contributed by atoms with Crippen molar-refractivity contribution >= 4 is 22.0 Å². The summed E-state index contributed by atoms with van der Waals surface area (Å²) in [6.07, 6.45) is -0.633. The molecule has 0 saturated heterocycles. The highest BCUT2D eigenvalue weighted by Crippen LogP contribution is 2.32. The predicted molar refractivity (Wildman–Crippen MR) is 81.9 cm³/mol. The first-order valence-electron chi connectivity index (χ1n) is 6.56. The van der Waals surface area contributed by atoms with Crippen molar-refractivity contribution in [3.8, 4) is 5.75 Å². The zero-order valence-corrected chi connectivity index (χ0v) is 14.1. The number of hydrogen-bond donors (Lipinski definition) is 2. The van der Waals surface area contributed by atoms with Gasteiger partial charge in [0.1, 0.15) is 11.4 Å². The molecular formula is C14H19BrF2N2O3. The SMILES string of the molecule is CC(C)(C)OC(=O)NCC(N)c1c(Br)cccc1OC(F)F. The number of nitrogens with two attached hydrogens (primary N) is 1. The Morgan fingerprint density at radius 3 is 2.59 bits per heavy atom. The fourth-order valence-corrected chi connectivity index (χ4v) is 2.33. The van der Waals surface area contributed by atoms with Crippen molar-refractivity contribution in [2.24, 2.45) is 5.73 Å². The number of hydrogen-bond acceptors (Lipinski definition) is 4. The summed E-state index contributed by atoms with van der Waals surface area (Å²) in [5, 5.41) is 2.50. The molecule has 22 heavy (non-hydrogen) atoms. The van der Waals surface area contributed by atoms with Crippen molar-refractivity contribution in [2.75, 3.05) is 6.54 Å². The van der Waals surface area contributed by atoms with Crippen molar-refractivity contribution < 1.29 is 23.0 Å². The highest BCUT2D eigenvalue weighted by atomic mass is 79.9. The zero-order valence-electron chi connectivity index (χ0n) is 12.5. The van der Waals surface area contributed by atoms with Crippen LogP contribution in [0.25, 0.3) is 0 Å². The van der Waals surface area contributed by atoms with Crippen LogP contribution in [0.15, 0.2) is 22.7 Å². The molecule has 0 bridgehead atoms. The van der Waals surface area contributed by atoms with Gasteiger partial charge in [-0.25, -0.2) is 4.79 Å². The molecule has 0 heterocycles. The maximum Gasteiger partial charge on any atom is 0.407 e. The molecular weight excluding hydrogens is 362 g/mol. The number of alkyl carbamates (subject to hydrolysis) is 1. The van der Waals surface area contributed by atoms with Crippen LogP contribution < -0.4 is 15.8 Å². The zero-order chi connectivity index (χ0) is 16.9. The minimum atomic E-state index is -2.96. The number of ether oxygens (including phenoxy) is 2. The van der Waals surface area contributed by atoms with E-state index < -0.39 is 24.3 Å². The second-order valence-electron chi connectivity index (χ2n) is 5.52. The molecule has 1 aromatic carbocycles. The van der Waals surface area contributed by atoms with Gasteiger partial charge in [0.05, 0.1) is 6.04 Å². The Morgan fingerprint density at radius 1 is 1.41 bits per heavy atom. The van der Waals surface area contributed by atoms with Crippen LogP contribution in [0.3, 0.4) is 0 Å². The topological polar surface area (TPSA) is 73.6 Å². The molecule has 0 aliphatic carbocycles. The first kappa shape index (κ1) is 18.6.